The van der Waals surface area contributed by atoms with Crippen molar-refractivity contribution in [3.05, 3.63) is 52.8 Å². The van der Waals surface area contributed by atoms with E-state index in [-0.39, 0.29) is 22.4 Å². The maximum atomic E-state index is 13.1. The van der Waals surface area contributed by atoms with Gasteiger partial charge in [-0.25, -0.2) is 22.2 Å². The van der Waals surface area contributed by atoms with Gasteiger partial charge in [-0.15, -0.1) is 5.10 Å². The highest BCUT2D eigenvalue weighted by Gasteiger charge is 2.21. The smallest absolute Gasteiger partial charge is 0.267 e. The third-order valence-electron chi connectivity index (χ3n) is 3.37. The van der Waals surface area contributed by atoms with Gasteiger partial charge >= 0.3 is 0 Å². The molecular weight excluding hydrogens is 371 g/mol. The molecule has 0 spiro atoms. The van der Waals surface area contributed by atoms with Crippen LogP contribution < -0.4 is 4.72 Å². The highest BCUT2D eigenvalue weighted by atomic mass is 35.5. The molecule has 1 N–H and O–H groups in total. The molecule has 3 rings (SSSR count). The number of hydrogen-bond acceptors (Lipinski definition) is 5. The number of rotatable bonds is 5. The lowest BCUT2D eigenvalue weighted by Gasteiger charge is -2.04. The molecule has 3 aromatic rings. The Morgan fingerprint density at radius 3 is 2.72 bits per heavy atom. The lowest BCUT2D eigenvalue weighted by molar-refractivity contribution is 0.599. The minimum atomic E-state index is -3.84. The molecule has 0 fully saturated rings. The molecule has 0 radical (unpaired) electrons. The number of benzene rings is 1. The van der Waals surface area contributed by atoms with E-state index in [1.165, 1.54) is 40.1 Å². The van der Waals surface area contributed by atoms with E-state index in [2.05, 4.69) is 19.9 Å². The van der Waals surface area contributed by atoms with Crippen molar-refractivity contribution in [2.75, 3.05) is 4.72 Å². The summed E-state index contributed by atoms with van der Waals surface area (Å²) < 4.78 is 42.9. The average Bonchev–Trinajstić information content (AvgIpc) is 3.08. The lowest BCUT2D eigenvalue weighted by atomic mass is 10.2. The number of aryl methyl sites for hydroxylation is 2. The zero-order chi connectivity index (χ0) is 18.2. The van der Waals surface area contributed by atoms with E-state index in [4.69, 9.17) is 11.6 Å². The van der Waals surface area contributed by atoms with Crippen LogP contribution >= 0.6 is 11.6 Å². The van der Waals surface area contributed by atoms with Gasteiger partial charge in [-0.05, 0) is 24.6 Å². The number of aromatic nitrogens is 5. The van der Waals surface area contributed by atoms with Gasteiger partial charge in [-0.2, -0.15) is 10.1 Å². The highest BCUT2D eigenvalue weighted by Crippen LogP contribution is 2.19. The fraction of sp³-hybridized carbons (Fsp3) is 0.214. The van der Waals surface area contributed by atoms with E-state index in [0.29, 0.717) is 11.3 Å². The van der Waals surface area contributed by atoms with Crippen LogP contribution in [0.1, 0.15) is 11.3 Å². The van der Waals surface area contributed by atoms with E-state index in [0.717, 1.165) is 0 Å². The summed E-state index contributed by atoms with van der Waals surface area (Å²) in [5.74, 6) is -0.519. The number of hydrogen-bond donors (Lipinski definition) is 1. The van der Waals surface area contributed by atoms with Crippen LogP contribution in [0.2, 0.25) is 5.02 Å². The molecule has 2 heterocycles. The van der Waals surface area contributed by atoms with Crippen molar-refractivity contribution in [1.29, 1.82) is 0 Å². The first-order valence-corrected chi connectivity index (χ1v) is 8.97. The Bertz CT molecular complexity index is 1030. The number of nitrogens with zero attached hydrogens (tertiary/aromatic N) is 5. The molecule has 0 atom stereocenters. The third-order valence-corrected chi connectivity index (χ3v) is 5.15. The highest BCUT2D eigenvalue weighted by molar-refractivity contribution is 7.92. The second-order valence-corrected chi connectivity index (χ2v) is 7.42. The van der Waals surface area contributed by atoms with Crippen LogP contribution in [0.5, 0.6) is 0 Å². The van der Waals surface area contributed by atoms with Crippen molar-refractivity contribution in [3.8, 4) is 0 Å². The first-order chi connectivity index (χ1) is 11.7. The van der Waals surface area contributed by atoms with Gasteiger partial charge < -0.3 is 0 Å². The van der Waals surface area contributed by atoms with Crippen LogP contribution in [-0.4, -0.2) is 33.0 Å². The molecule has 11 heteroatoms. The largest absolute Gasteiger partial charge is 0.274 e. The molecule has 0 bridgehead atoms. The standard InChI is InChI=1S/C14H14ClFN6O2S/c1-9-13(7-21(2)18-9)25(23,24)20-14-17-8-22(19-14)6-10-3-4-11(16)5-12(10)15/h3-5,7-8H,6H2,1-2H3,(H,19,20). The molecular formula is C14H14ClFN6O2S. The predicted molar refractivity (Wildman–Crippen MR) is 89.3 cm³/mol. The Balaban J connectivity index is 1.78. The van der Waals surface area contributed by atoms with Crippen LogP contribution in [0.3, 0.4) is 0 Å². The van der Waals surface area contributed by atoms with E-state index >= 15 is 0 Å². The van der Waals surface area contributed by atoms with Crippen LogP contribution in [-0.2, 0) is 23.6 Å². The lowest BCUT2D eigenvalue weighted by Crippen LogP contribution is -2.15. The Labute approximate surface area is 148 Å². The van der Waals surface area contributed by atoms with Crippen molar-refractivity contribution in [1.82, 2.24) is 24.5 Å². The molecule has 2 aromatic heterocycles. The molecule has 0 saturated carbocycles. The van der Waals surface area contributed by atoms with Gasteiger partial charge in [0.15, 0.2) is 0 Å². The van der Waals surface area contributed by atoms with Crippen molar-refractivity contribution >= 4 is 27.6 Å². The minimum Gasteiger partial charge on any atom is -0.274 e. The molecule has 0 aliphatic heterocycles. The fourth-order valence-electron chi connectivity index (χ4n) is 2.26. The van der Waals surface area contributed by atoms with E-state index in [1.54, 1.807) is 14.0 Å². The maximum Gasteiger partial charge on any atom is 0.267 e. The molecule has 0 aliphatic rings. The second-order valence-electron chi connectivity index (χ2n) is 5.36. The first kappa shape index (κ1) is 17.4. The molecule has 8 nitrogen and oxygen atoms in total. The number of anilines is 1. The summed E-state index contributed by atoms with van der Waals surface area (Å²) in [5, 5.41) is 8.31. The maximum absolute atomic E-state index is 13.1. The van der Waals surface area contributed by atoms with Crippen LogP contribution in [0.15, 0.2) is 35.6 Å². The number of nitrogens with one attached hydrogen (secondary N) is 1. The summed E-state index contributed by atoms with van der Waals surface area (Å²) in [5.41, 5.74) is 0.998. The molecule has 0 saturated heterocycles. The van der Waals surface area contributed by atoms with Crippen molar-refractivity contribution in [2.24, 2.45) is 7.05 Å². The zero-order valence-corrected chi connectivity index (χ0v) is 14.9. The second kappa shape index (κ2) is 6.45. The Hall–Kier alpha value is -2.46. The minimum absolute atomic E-state index is 0.0490. The van der Waals surface area contributed by atoms with Crippen molar-refractivity contribution in [2.45, 2.75) is 18.4 Å². The molecule has 1 aromatic carbocycles. The summed E-state index contributed by atoms with van der Waals surface area (Å²) in [7, 11) is -2.21. The quantitative estimate of drug-likeness (QED) is 0.725. The summed E-state index contributed by atoms with van der Waals surface area (Å²) in [6, 6.07) is 4.01. The van der Waals surface area contributed by atoms with Gasteiger partial charge in [0, 0.05) is 18.3 Å². The SMILES string of the molecule is Cc1nn(C)cc1S(=O)(=O)Nc1ncn(Cc2ccc(F)cc2Cl)n1. The summed E-state index contributed by atoms with van der Waals surface area (Å²) in [6.07, 6.45) is 2.75. The number of halogens is 2. The van der Waals surface area contributed by atoms with E-state index < -0.39 is 15.8 Å². The van der Waals surface area contributed by atoms with Gasteiger partial charge in [-0.3, -0.25) is 4.68 Å². The van der Waals surface area contributed by atoms with Crippen LogP contribution in [0.25, 0.3) is 0 Å². The van der Waals surface area contributed by atoms with Crippen LogP contribution in [0, 0.1) is 12.7 Å². The van der Waals surface area contributed by atoms with Crippen molar-refractivity contribution < 1.29 is 12.8 Å². The first-order valence-electron chi connectivity index (χ1n) is 7.11. The normalized spacial score (nSPS) is 11.7. The monoisotopic (exact) mass is 384 g/mol. The average molecular weight is 385 g/mol. The molecule has 0 unspecified atom stereocenters. The summed E-state index contributed by atoms with van der Waals surface area (Å²) in [6.45, 7) is 1.82. The predicted octanol–water partition coefficient (Wildman–Crippen LogP) is 1.96. The third kappa shape index (κ3) is 3.80. The van der Waals surface area contributed by atoms with Crippen LogP contribution in [0.4, 0.5) is 10.3 Å². The van der Waals surface area contributed by atoms with Gasteiger partial charge in [0.1, 0.15) is 17.0 Å². The Kier molecular flexibility index (Phi) is 4.48. The van der Waals surface area contributed by atoms with E-state index in [1.807, 2.05) is 0 Å². The zero-order valence-electron chi connectivity index (χ0n) is 13.3. The van der Waals surface area contributed by atoms with Gasteiger partial charge in [0.05, 0.1) is 12.2 Å². The van der Waals surface area contributed by atoms with Gasteiger partial charge in [0.2, 0.25) is 0 Å². The summed E-state index contributed by atoms with van der Waals surface area (Å²) in [4.78, 5) is 3.97. The molecule has 132 valence electrons. The van der Waals surface area contributed by atoms with Crippen molar-refractivity contribution in [3.63, 3.8) is 0 Å². The van der Waals surface area contributed by atoms with E-state index in [9.17, 15) is 12.8 Å². The molecule has 0 aliphatic carbocycles. The van der Waals surface area contributed by atoms with Gasteiger partial charge in [0.25, 0.3) is 16.0 Å². The fourth-order valence-corrected chi connectivity index (χ4v) is 3.65. The number of sulfonamides is 1. The Morgan fingerprint density at radius 1 is 1.32 bits per heavy atom. The molecule has 0 amide bonds. The van der Waals surface area contributed by atoms with Gasteiger partial charge in [-0.1, -0.05) is 17.7 Å². The molecule has 25 heavy (non-hydrogen) atoms. The Morgan fingerprint density at radius 2 is 2.08 bits per heavy atom. The summed E-state index contributed by atoms with van der Waals surface area (Å²) >= 11 is 5.97. The topological polar surface area (TPSA) is 94.7 Å².